The standard InChI is InChI=1S/C14H22N2O2S/c17-10-1-5-14(18)16-7-3-6-15(8-9-16)12-13-4-2-11-19-13/h2,4,11,17H,1,3,5-10,12H2. The molecule has 0 atom stereocenters. The number of hydrogen-bond acceptors (Lipinski definition) is 4. The van der Waals surface area contributed by atoms with Gasteiger partial charge in [-0.2, -0.15) is 0 Å². The number of thiophene rings is 1. The van der Waals surface area contributed by atoms with Crippen LogP contribution in [0.25, 0.3) is 0 Å². The van der Waals surface area contributed by atoms with Gasteiger partial charge in [0.15, 0.2) is 0 Å². The first-order valence-corrected chi connectivity index (χ1v) is 7.81. The summed E-state index contributed by atoms with van der Waals surface area (Å²) >= 11 is 1.79. The summed E-state index contributed by atoms with van der Waals surface area (Å²) in [5.41, 5.74) is 0. The van der Waals surface area contributed by atoms with Crippen LogP contribution >= 0.6 is 11.3 Å². The second-order valence-electron chi connectivity index (χ2n) is 4.92. The van der Waals surface area contributed by atoms with Crippen LogP contribution in [-0.4, -0.2) is 53.6 Å². The van der Waals surface area contributed by atoms with Gasteiger partial charge in [-0.1, -0.05) is 6.07 Å². The van der Waals surface area contributed by atoms with Crippen molar-refractivity contribution in [2.75, 3.05) is 32.8 Å². The van der Waals surface area contributed by atoms with Crippen molar-refractivity contribution in [1.29, 1.82) is 0 Å². The SMILES string of the molecule is O=C(CCCO)N1CCCN(Cc2cccs2)CC1. The monoisotopic (exact) mass is 282 g/mol. The molecule has 0 aromatic carbocycles. The molecule has 1 aromatic heterocycles. The Hall–Kier alpha value is -0.910. The molecule has 0 radical (unpaired) electrons. The van der Waals surface area contributed by atoms with Crippen LogP contribution in [0.4, 0.5) is 0 Å². The van der Waals surface area contributed by atoms with Crippen molar-refractivity contribution in [3.8, 4) is 0 Å². The third-order valence-corrected chi connectivity index (χ3v) is 4.31. The molecule has 2 rings (SSSR count). The van der Waals surface area contributed by atoms with Gasteiger partial charge in [0.05, 0.1) is 0 Å². The molecule has 5 heteroatoms. The molecule has 1 aromatic rings. The summed E-state index contributed by atoms with van der Waals surface area (Å²) in [6.07, 6.45) is 2.09. The number of aliphatic hydroxyl groups excluding tert-OH is 1. The van der Waals surface area contributed by atoms with Crippen molar-refractivity contribution >= 4 is 17.2 Å². The van der Waals surface area contributed by atoms with Gasteiger partial charge >= 0.3 is 0 Å². The quantitative estimate of drug-likeness (QED) is 0.891. The van der Waals surface area contributed by atoms with Gasteiger partial charge in [0, 0.05) is 50.6 Å². The molecule has 0 aliphatic carbocycles. The lowest BCUT2D eigenvalue weighted by atomic mass is 10.2. The van der Waals surface area contributed by atoms with Gasteiger partial charge in [-0.25, -0.2) is 0 Å². The van der Waals surface area contributed by atoms with Crippen LogP contribution in [-0.2, 0) is 11.3 Å². The minimum Gasteiger partial charge on any atom is -0.396 e. The predicted octanol–water partition coefficient (Wildman–Crippen LogP) is 1.55. The Labute approximate surface area is 118 Å². The lowest BCUT2D eigenvalue weighted by molar-refractivity contribution is -0.131. The third-order valence-electron chi connectivity index (χ3n) is 3.45. The van der Waals surface area contributed by atoms with Crippen LogP contribution in [0, 0.1) is 0 Å². The molecular weight excluding hydrogens is 260 g/mol. The van der Waals surface area contributed by atoms with Crippen LogP contribution < -0.4 is 0 Å². The van der Waals surface area contributed by atoms with E-state index in [1.54, 1.807) is 11.3 Å². The molecule has 106 valence electrons. The van der Waals surface area contributed by atoms with Crippen molar-refractivity contribution in [3.05, 3.63) is 22.4 Å². The predicted molar refractivity (Wildman–Crippen MR) is 77.1 cm³/mol. The van der Waals surface area contributed by atoms with Crippen LogP contribution in [0.3, 0.4) is 0 Å². The maximum Gasteiger partial charge on any atom is 0.222 e. The minimum absolute atomic E-state index is 0.101. The second kappa shape index (κ2) is 7.62. The fourth-order valence-electron chi connectivity index (χ4n) is 2.39. The number of amides is 1. The molecule has 0 saturated carbocycles. The maximum absolute atomic E-state index is 11.9. The largest absolute Gasteiger partial charge is 0.396 e. The zero-order valence-electron chi connectivity index (χ0n) is 11.3. The average Bonchev–Trinajstić information content (AvgIpc) is 2.81. The molecule has 1 aliphatic rings. The highest BCUT2D eigenvalue weighted by molar-refractivity contribution is 7.09. The molecule has 1 amide bonds. The molecule has 4 nitrogen and oxygen atoms in total. The van der Waals surface area contributed by atoms with Crippen molar-refractivity contribution in [2.45, 2.75) is 25.8 Å². The van der Waals surface area contributed by atoms with Gasteiger partial charge in [-0.15, -0.1) is 11.3 Å². The molecule has 0 unspecified atom stereocenters. The average molecular weight is 282 g/mol. The van der Waals surface area contributed by atoms with E-state index in [1.165, 1.54) is 4.88 Å². The molecule has 1 aliphatic heterocycles. The molecule has 1 saturated heterocycles. The summed E-state index contributed by atoms with van der Waals surface area (Å²) in [6.45, 7) is 4.77. The zero-order chi connectivity index (χ0) is 13.5. The highest BCUT2D eigenvalue weighted by Gasteiger charge is 2.18. The summed E-state index contributed by atoms with van der Waals surface area (Å²) in [4.78, 5) is 17.7. The Morgan fingerprint density at radius 3 is 2.95 bits per heavy atom. The molecule has 0 bridgehead atoms. The van der Waals surface area contributed by atoms with E-state index < -0.39 is 0 Å². The fraction of sp³-hybridized carbons (Fsp3) is 0.643. The van der Waals surface area contributed by atoms with Crippen LogP contribution in [0.5, 0.6) is 0 Å². The normalized spacial score (nSPS) is 17.4. The summed E-state index contributed by atoms with van der Waals surface area (Å²) in [7, 11) is 0. The molecule has 19 heavy (non-hydrogen) atoms. The molecule has 2 heterocycles. The lowest BCUT2D eigenvalue weighted by Gasteiger charge is -2.21. The van der Waals surface area contributed by atoms with Crippen molar-refractivity contribution < 1.29 is 9.90 Å². The first-order chi connectivity index (χ1) is 9.29. The molecular formula is C14H22N2O2S. The number of carbonyl (C=O) groups is 1. The van der Waals surface area contributed by atoms with E-state index in [0.717, 1.165) is 39.1 Å². The van der Waals surface area contributed by atoms with E-state index in [-0.39, 0.29) is 12.5 Å². The summed E-state index contributed by atoms with van der Waals surface area (Å²) in [5, 5.41) is 10.9. The summed E-state index contributed by atoms with van der Waals surface area (Å²) in [6, 6.07) is 4.25. The smallest absolute Gasteiger partial charge is 0.222 e. The van der Waals surface area contributed by atoms with Gasteiger partial charge < -0.3 is 10.0 Å². The van der Waals surface area contributed by atoms with Gasteiger partial charge in [-0.05, 0) is 24.3 Å². The first kappa shape index (κ1) is 14.5. The Kier molecular flexibility index (Phi) is 5.82. The molecule has 1 N–H and O–H groups in total. The first-order valence-electron chi connectivity index (χ1n) is 6.93. The number of nitrogens with zero attached hydrogens (tertiary/aromatic N) is 2. The van der Waals surface area contributed by atoms with Crippen molar-refractivity contribution in [2.24, 2.45) is 0 Å². The van der Waals surface area contributed by atoms with E-state index in [1.807, 2.05) is 4.90 Å². The van der Waals surface area contributed by atoms with Crippen LogP contribution in [0.15, 0.2) is 17.5 Å². The summed E-state index contributed by atoms with van der Waals surface area (Å²) < 4.78 is 0. The minimum atomic E-state index is 0.101. The van der Waals surface area contributed by atoms with E-state index in [4.69, 9.17) is 5.11 Å². The van der Waals surface area contributed by atoms with Gasteiger partial charge in [0.25, 0.3) is 0 Å². The topological polar surface area (TPSA) is 43.8 Å². The maximum atomic E-state index is 11.9. The third kappa shape index (κ3) is 4.60. The Balaban J connectivity index is 1.79. The Bertz CT molecular complexity index is 381. The number of carbonyl (C=O) groups excluding carboxylic acids is 1. The Morgan fingerprint density at radius 1 is 1.32 bits per heavy atom. The highest BCUT2D eigenvalue weighted by atomic mass is 32.1. The van der Waals surface area contributed by atoms with Gasteiger partial charge in [0.1, 0.15) is 0 Å². The highest BCUT2D eigenvalue weighted by Crippen LogP contribution is 2.14. The number of rotatable bonds is 5. The zero-order valence-corrected chi connectivity index (χ0v) is 12.1. The Morgan fingerprint density at radius 2 is 2.21 bits per heavy atom. The van der Waals surface area contributed by atoms with Crippen LogP contribution in [0.2, 0.25) is 0 Å². The van der Waals surface area contributed by atoms with Gasteiger partial charge in [-0.3, -0.25) is 9.69 Å². The van der Waals surface area contributed by atoms with Crippen molar-refractivity contribution in [3.63, 3.8) is 0 Å². The van der Waals surface area contributed by atoms with E-state index in [0.29, 0.717) is 12.8 Å². The van der Waals surface area contributed by atoms with E-state index >= 15 is 0 Å². The molecule has 0 spiro atoms. The number of aliphatic hydroxyl groups is 1. The fourth-order valence-corrected chi connectivity index (χ4v) is 3.14. The lowest BCUT2D eigenvalue weighted by Crippen LogP contribution is -2.35. The molecule has 1 fully saturated rings. The summed E-state index contributed by atoms with van der Waals surface area (Å²) in [5.74, 6) is 0.187. The van der Waals surface area contributed by atoms with Gasteiger partial charge in [0.2, 0.25) is 5.91 Å². The number of hydrogen-bond donors (Lipinski definition) is 1. The van der Waals surface area contributed by atoms with E-state index in [2.05, 4.69) is 22.4 Å². The van der Waals surface area contributed by atoms with Crippen LogP contribution in [0.1, 0.15) is 24.1 Å². The van der Waals surface area contributed by atoms with Crippen molar-refractivity contribution in [1.82, 2.24) is 9.80 Å². The second-order valence-corrected chi connectivity index (χ2v) is 5.95. The van der Waals surface area contributed by atoms with E-state index in [9.17, 15) is 4.79 Å².